The van der Waals surface area contributed by atoms with Gasteiger partial charge in [0.1, 0.15) is 24.5 Å². The molecular formula is C12H19N3O10. The molecular weight excluding hydrogens is 346 g/mol. The van der Waals surface area contributed by atoms with Gasteiger partial charge in [-0.15, -0.1) is 4.91 Å². The Morgan fingerprint density at radius 1 is 1.24 bits per heavy atom. The van der Waals surface area contributed by atoms with Crippen molar-refractivity contribution < 1.29 is 44.3 Å². The molecule has 0 saturated heterocycles. The van der Waals surface area contributed by atoms with E-state index in [-0.39, 0.29) is 30.7 Å². The van der Waals surface area contributed by atoms with Crippen LogP contribution in [-0.4, -0.2) is 87.7 Å². The van der Waals surface area contributed by atoms with E-state index in [0.717, 1.165) is 7.05 Å². The van der Waals surface area contributed by atoms with Crippen molar-refractivity contribution in [2.75, 3.05) is 13.7 Å². The number of hydrogen-bond acceptors (Lipinski definition) is 10. The third-order valence-corrected chi connectivity index (χ3v) is 2.92. The molecule has 4 atom stereocenters. The summed E-state index contributed by atoms with van der Waals surface area (Å²) in [5.74, 6) is -2.48. The second kappa shape index (κ2) is 11.0. The number of ether oxygens (including phenoxy) is 1. The topological polar surface area (TPSA) is 203 Å². The Bertz CT molecular complexity index is 500. The van der Waals surface area contributed by atoms with Crippen molar-refractivity contribution in [1.82, 2.24) is 10.3 Å². The molecule has 0 unspecified atom stereocenters. The van der Waals surface area contributed by atoms with Crippen LogP contribution < -0.4 is 5.32 Å². The molecule has 0 aliphatic heterocycles. The zero-order valence-electron chi connectivity index (χ0n) is 13.1. The van der Waals surface area contributed by atoms with E-state index >= 15 is 0 Å². The van der Waals surface area contributed by atoms with E-state index in [1.54, 1.807) is 0 Å². The molecule has 25 heavy (non-hydrogen) atoms. The number of aliphatic hydroxyl groups is 3. The molecule has 0 aromatic heterocycles. The molecule has 0 fully saturated rings. The maximum atomic E-state index is 11.5. The van der Waals surface area contributed by atoms with Crippen molar-refractivity contribution >= 4 is 24.3 Å². The summed E-state index contributed by atoms with van der Waals surface area (Å²) in [7, 11) is 0.955. The van der Waals surface area contributed by atoms with Gasteiger partial charge in [0, 0.05) is 13.5 Å². The van der Waals surface area contributed by atoms with Gasteiger partial charge in [0.25, 0.3) is 0 Å². The van der Waals surface area contributed by atoms with E-state index in [2.05, 4.69) is 10.0 Å². The number of carboxylic acid groups (broad SMARTS) is 1. The van der Waals surface area contributed by atoms with E-state index < -0.39 is 42.3 Å². The van der Waals surface area contributed by atoms with Gasteiger partial charge >= 0.3 is 18.0 Å². The molecule has 0 saturated carbocycles. The molecule has 2 amide bonds. The number of aliphatic carboxylic acids is 1. The lowest BCUT2D eigenvalue weighted by atomic mass is 10.0. The van der Waals surface area contributed by atoms with Gasteiger partial charge < -0.3 is 35.3 Å². The second-order valence-corrected chi connectivity index (χ2v) is 4.81. The zero-order chi connectivity index (χ0) is 19.6. The van der Waals surface area contributed by atoms with Crippen LogP contribution in [-0.2, 0) is 19.1 Å². The first kappa shape index (κ1) is 22.4. The first-order valence-corrected chi connectivity index (χ1v) is 6.91. The Kier molecular flexibility index (Phi) is 9.85. The van der Waals surface area contributed by atoms with Gasteiger partial charge in [0.2, 0.25) is 0 Å². The average Bonchev–Trinajstić information content (AvgIpc) is 2.59. The fourth-order valence-corrected chi connectivity index (χ4v) is 1.49. The molecule has 0 heterocycles. The third kappa shape index (κ3) is 7.65. The minimum atomic E-state index is -2.26. The summed E-state index contributed by atoms with van der Waals surface area (Å²) in [4.78, 5) is 54.2. The highest BCUT2D eigenvalue weighted by Gasteiger charge is 2.37. The number of carboxylic acids is 1. The summed E-state index contributed by atoms with van der Waals surface area (Å²) in [6.45, 7) is -0.353. The Labute approximate surface area is 141 Å². The molecule has 13 heteroatoms. The van der Waals surface area contributed by atoms with Crippen LogP contribution in [0.5, 0.6) is 0 Å². The van der Waals surface area contributed by atoms with Gasteiger partial charge in [0.05, 0.1) is 11.9 Å². The van der Waals surface area contributed by atoms with Gasteiger partial charge in [-0.3, -0.25) is 4.79 Å². The minimum Gasteiger partial charge on any atom is -0.481 e. The SMILES string of the molecule is CN(N=O)C(=O)N[C@@H](C=O)[C@@H](O)[C@H](O)[C@H](O)C(=O)OCCCC(=O)O. The molecule has 0 radical (unpaired) electrons. The van der Waals surface area contributed by atoms with Crippen molar-refractivity contribution in [3.8, 4) is 0 Å². The Hall–Kier alpha value is -2.64. The molecule has 0 aromatic carbocycles. The summed E-state index contributed by atoms with van der Waals surface area (Å²) in [6, 6.07) is -2.94. The fraction of sp³-hybridized carbons (Fsp3) is 0.667. The average molecular weight is 365 g/mol. The summed E-state index contributed by atoms with van der Waals surface area (Å²) >= 11 is 0. The van der Waals surface area contributed by atoms with E-state index in [0.29, 0.717) is 0 Å². The van der Waals surface area contributed by atoms with E-state index in [4.69, 9.17) is 5.11 Å². The largest absolute Gasteiger partial charge is 0.481 e. The number of carbonyl (C=O) groups excluding carboxylic acids is 3. The quantitative estimate of drug-likeness (QED) is 0.0846. The van der Waals surface area contributed by atoms with E-state index in [1.807, 2.05) is 5.32 Å². The highest BCUT2D eigenvalue weighted by molar-refractivity contribution is 5.78. The first-order chi connectivity index (χ1) is 11.6. The van der Waals surface area contributed by atoms with Crippen LogP contribution in [0.4, 0.5) is 4.79 Å². The van der Waals surface area contributed by atoms with Crippen molar-refractivity contribution in [2.45, 2.75) is 37.2 Å². The highest BCUT2D eigenvalue weighted by atomic mass is 16.5. The van der Waals surface area contributed by atoms with Crippen molar-refractivity contribution in [2.24, 2.45) is 5.29 Å². The lowest BCUT2D eigenvalue weighted by Crippen LogP contribution is -2.55. The number of nitrogens with zero attached hydrogens (tertiary/aromatic N) is 2. The molecule has 0 bridgehead atoms. The normalized spacial score (nSPS) is 15.2. The maximum Gasteiger partial charge on any atom is 0.340 e. The highest BCUT2D eigenvalue weighted by Crippen LogP contribution is 2.07. The van der Waals surface area contributed by atoms with Crippen LogP contribution in [0.2, 0.25) is 0 Å². The molecule has 0 aromatic rings. The smallest absolute Gasteiger partial charge is 0.340 e. The number of esters is 1. The number of carbonyl (C=O) groups is 4. The van der Waals surface area contributed by atoms with Gasteiger partial charge in [-0.1, -0.05) is 0 Å². The van der Waals surface area contributed by atoms with Crippen LogP contribution >= 0.6 is 0 Å². The van der Waals surface area contributed by atoms with Crippen molar-refractivity contribution in [1.29, 1.82) is 0 Å². The molecule has 0 aliphatic rings. The predicted molar refractivity (Wildman–Crippen MR) is 77.8 cm³/mol. The Morgan fingerprint density at radius 2 is 1.84 bits per heavy atom. The maximum absolute atomic E-state index is 11.5. The number of urea groups is 1. The van der Waals surface area contributed by atoms with Gasteiger partial charge in [0.15, 0.2) is 6.10 Å². The predicted octanol–water partition coefficient (Wildman–Crippen LogP) is -2.63. The molecule has 0 aliphatic carbocycles. The standard InChI is InChI=1S/C12H19N3O10/c1-15(14-24)12(23)13-6(5-16)8(19)9(20)10(21)11(22)25-4-2-3-7(17)18/h5-6,8-10,19-21H,2-4H2,1H3,(H,13,23)(H,17,18)/t6-,8+,9-,10-/m0/s1. The molecule has 0 spiro atoms. The first-order valence-electron chi connectivity index (χ1n) is 6.91. The number of rotatable bonds is 11. The van der Waals surface area contributed by atoms with Crippen LogP contribution in [0.15, 0.2) is 5.29 Å². The van der Waals surface area contributed by atoms with Crippen LogP contribution in [0.3, 0.4) is 0 Å². The lowest BCUT2D eigenvalue weighted by molar-refractivity contribution is -0.166. The van der Waals surface area contributed by atoms with Gasteiger partial charge in [-0.25, -0.2) is 9.59 Å². The number of nitrogens with one attached hydrogen (secondary N) is 1. The summed E-state index contributed by atoms with van der Waals surface area (Å²) in [5, 5.41) is 41.8. The van der Waals surface area contributed by atoms with E-state index in [1.165, 1.54) is 0 Å². The van der Waals surface area contributed by atoms with Crippen molar-refractivity contribution in [3.05, 3.63) is 4.91 Å². The summed E-state index contributed by atoms with van der Waals surface area (Å²) in [5.41, 5.74) is 0. The zero-order valence-corrected chi connectivity index (χ0v) is 13.1. The van der Waals surface area contributed by atoms with Crippen molar-refractivity contribution in [3.63, 3.8) is 0 Å². The second-order valence-electron chi connectivity index (χ2n) is 4.81. The van der Waals surface area contributed by atoms with E-state index in [9.17, 15) is 39.4 Å². The summed E-state index contributed by atoms with van der Waals surface area (Å²) in [6.07, 6.45) is -6.90. The monoisotopic (exact) mass is 365 g/mol. The molecule has 13 nitrogen and oxygen atoms in total. The number of amides is 2. The fourth-order valence-electron chi connectivity index (χ4n) is 1.49. The lowest BCUT2D eigenvalue weighted by Gasteiger charge is -2.26. The van der Waals surface area contributed by atoms with Crippen LogP contribution in [0.25, 0.3) is 0 Å². The van der Waals surface area contributed by atoms with Gasteiger partial charge in [-0.2, -0.15) is 5.01 Å². The Balaban J connectivity index is 4.65. The molecule has 142 valence electrons. The number of nitroso groups, excluding NO2 is 1. The van der Waals surface area contributed by atoms with Crippen LogP contribution in [0.1, 0.15) is 12.8 Å². The number of aliphatic hydroxyl groups excluding tert-OH is 3. The Morgan fingerprint density at radius 3 is 2.32 bits per heavy atom. The molecule has 5 N–H and O–H groups in total. The number of hydrogen-bond donors (Lipinski definition) is 5. The minimum absolute atomic E-state index is 0.00927. The van der Waals surface area contributed by atoms with Gasteiger partial charge in [-0.05, 0) is 6.42 Å². The van der Waals surface area contributed by atoms with Crippen LogP contribution in [0, 0.1) is 4.91 Å². The third-order valence-electron chi connectivity index (χ3n) is 2.92. The summed E-state index contributed by atoms with van der Waals surface area (Å²) < 4.78 is 4.51. The molecule has 0 rings (SSSR count). The number of aldehydes is 1.